The van der Waals surface area contributed by atoms with E-state index in [0.717, 1.165) is 0 Å². The van der Waals surface area contributed by atoms with Gasteiger partial charge in [0.25, 0.3) is 0 Å². The van der Waals surface area contributed by atoms with Gasteiger partial charge in [0, 0.05) is 12.6 Å². The maximum atomic E-state index is 11.2. The van der Waals surface area contributed by atoms with Crippen LogP contribution >= 0.6 is 0 Å². The third-order valence-electron chi connectivity index (χ3n) is 2.47. The summed E-state index contributed by atoms with van der Waals surface area (Å²) < 4.78 is 4.99. The largest absolute Gasteiger partial charge is 0.481 e. The molecule has 17 heavy (non-hydrogen) atoms. The van der Waals surface area contributed by atoms with E-state index in [0.29, 0.717) is 23.9 Å². The zero-order valence-electron chi connectivity index (χ0n) is 10.3. The van der Waals surface area contributed by atoms with Crippen molar-refractivity contribution in [2.45, 2.75) is 13.8 Å². The molecule has 5 N–H and O–H groups in total. The van der Waals surface area contributed by atoms with Crippen molar-refractivity contribution in [1.82, 2.24) is 4.98 Å². The van der Waals surface area contributed by atoms with Crippen LogP contribution in [0.2, 0.25) is 0 Å². The lowest BCUT2D eigenvalue weighted by molar-refractivity contribution is -0.125. The fraction of sp³-hybridized carbons (Fsp3) is 0.455. The van der Waals surface area contributed by atoms with Crippen molar-refractivity contribution in [3.63, 3.8) is 0 Å². The molecule has 0 aliphatic rings. The molecule has 0 aliphatic carbocycles. The fourth-order valence-electron chi connectivity index (χ4n) is 1.10. The van der Waals surface area contributed by atoms with E-state index < -0.39 is 5.41 Å². The summed E-state index contributed by atoms with van der Waals surface area (Å²) in [6.45, 7) is 3.85. The number of ether oxygens (including phenoxy) is 1. The maximum Gasteiger partial charge on any atom is 0.224 e. The number of anilines is 2. The molecule has 1 amide bonds. The van der Waals surface area contributed by atoms with E-state index in [1.54, 1.807) is 26.0 Å². The molecule has 1 heterocycles. The molecule has 0 spiro atoms. The first kappa shape index (κ1) is 13.1. The number of carbonyl (C=O) groups excluding carboxylic acids is 1. The second-order valence-electron chi connectivity index (χ2n) is 4.39. The SMILES string of the molecule is COc1ccc(N)c(NCC(C)(C)C(N)=O)n1. The first-order valence-electron chi connectivity index (χ1n) is 5.21. The lowest BCUT2D eigenvalue weighted by atomic mass is 9.93. The van der Waals surface area contributed by atoms with Gasteiger partial charge in [-0.2, -0.15) is 4.98 Å². The van der Waals surface area contributed by atoms with Gasteiger partial charge in [0.2, 0.25) is 11.8 Å². The topological polar surface area (TPSA) is 103 Å². The summed E-state index contributed by atoms with van der Waals surface area (Å²) in [6.07, 6.45) is 0. The van der Waals surface area contributed by atoms with Gasteiger partial charge in [-0.3, -0.25) is 4.79 Å². The predicted molar refractivity (Wildman–Crippen MR) is 66.7 cm³/mol. The van der Waals surface area contributed by atoms with Crippen molar-refractivity contribution < 1.29 is 9.53 Å². The van der Waals surface area contributed by atoms with Crippen LogP contribution in [0.4, 0.5) is 11.5 Å². The number of carbonyl (C=O) groups is 1. The van der Waals surface area contributed by atoms with Crippen LogP contribution in [0.15, 0.2) is 12.1 Å². The number of pyridine rings is 1. The van der Waals surface area contributed by atoms with Crippen molar-refractivity contribution in [3.8, 4) is 5.88 Å². The number of hydrogen-bond donors (Lipinski definition) is 3. The highest BCUT2D eigenvalue weighted by atomic mass is 16.5. The van der Waals surface area contributed by atoms with Crippen molar-refractivity contribution in [1.29, 1.82) is 0 Å². The molecule has 0 saturated carbocycles. The average molecular weight is 238 g/mol. The van der Waals surface area contributed by atoms with Gasteiger partial charge in [-0.1, -0.05) is 0 Å². The van der Waals surface area contributed by atoms with E-state index >= 15 is 0 Å². The van der Waals surface area contributed by atoms with E-state index in [9.17, 15) is 4.79 Å². The number of nitrogen functional groups attached to an aromatic ring is 1. The number of nitrogens with zero attached hydrogens (tertiary/aromatic N) is 1. The van der Waals surface area contributed by atoms with Gasteiger partial charge < -0.3 is 21.5 Å². The van der Waals surface area contributed by atoms with Crippen LogP contribution in [0.25, 0.3) is 0 Å². The molecular weight excluding hydrogens is 220 g/mol. The van der Waals surface area contributed by atoms with Crippen LogP contribution in [0.3, 0.4) is 0 Å². The molecule has 94 valence electrons. The van der Waals surface area contributed by atoms with Crippen LogP contribution in [0.5, 0.6) is 5.88 Å². The van der Waals surface area contributed by atoms with Crippen LogP contribution in [0, 0.1) is 5.41 Å². The Morgan fingerprint density at radius 1 is 1.53 bits per heavy atom. The van der Waals surface area contributed by atoms with Crippen LogP contribution < -0.4 is 21.5 Å². The summed E-state index contributed by atoms with van der Waals surface area (Å²) in [7, 11) is 1.52. The van der Waals surface area contributed by atoms with Crippen LogP contribution in [-0.4, -0.2) is 24.5 Å². The van der Waals surface area contributed by atoms with Gasteiger partial charge in [0.15, 0.2) is 5.82 Å². The van der Waals surface area contributed by atoms with Crippen molar-refractivity contribution in [2.24, 2.45) is 11.1 Å². The quantitative estimate of drug-likeness (QED) is 0.696. The normalized spacial score (nSPS) is 11.0. The Bertz CT molecular complexity index is 418. The molecule has 1 aromatic heterocycles. The van der Waals surface area contributed by atoms with Gasteiger partial charge >= 0.3 is 0 Å². The van der Waals surface area contributed by atoms with Crippen LogP contribution in [-0.2, 0) is 4.79 Å². The van der Waals surface area contributed by atoms with E-state index in [1.165, 1.54) is 7.11 Å². The Morgan fingerprint density at radius 2 is 2.18 bits per heavy atom. The summed E-state index contributed by atoms with van der Waals surface area (Å²) in [5.41, 5.74) is 10.8. The standard InChI is InChI=1S/C11H18N4O2/c1-11(2,10(13)16)6-14-9-7(12)4-5-8(15-9)17-3/h4-5H,6,12H2,1-3H3,(H2,13,16)(H,14,15). The number of methoxy groups -OCH3 is 1. The minimum absolute atomic E-state index is 0.354. The Labute approximate surface area is 100 Å². The lowest BCUT2D eigenvalue weighted by Crippen LogP contribution is -2.37. The Kier molecular flexibility index (Phi) is 3.77. The second kappa shape index (κ2) is 4.90. The predicted octanol–water partition coefficient (Wildman–Crippen LogP) is 0.596. The van der Waals surface area contributed by atoms with E-state index in [1.807, 2.05) is 0 Å². The molecule has 0 unspecified atom stereocenters. The summed E-state index contributed by atoms with van der Waals surface area (Å²) in [4.78, 5) is 15.3. The highest BCUT2D eigenvalue weighted by molar-refractivity contribution is 5.80. The minimum Gasteiger partial charge on any atom is -0.481 e. The number of rotatable bonds is 5. The van der Waals surface area contributed by atoms with Gasteiger partial charge in [-0.25, -0.2) is 0 Å². The minimum atomic E-state index is -0.669. The molecule has 0 saturated heterocycles. The Hall–Kier alpha value is -1.98. The molecule has 0 aromatic carbocycles. The first-order chi connectivity index (χ1) is 7.86. The highest BCUT2D eigenvalue weighted by Gasteiger charge is 2.25. The van der Waals surface area contributed by atoms with Crippen molar-refractivity contribution in [3.05, 3.63) is 12.1 Å². The first-order valence-corrected chi connectivity index (χ1v) is 5.21. The smallest absolute Gasteiger partial charge is 0.224 e. The number of primary amides is 1. The van der Waals surface area contributed by atoms with Gasteiger partial charge in [-0.05, 0) is 19.9 Å². The zero-order valence-corrected chi connectivity index (χ0v) is 10.3. The monoisotopic (exact) mass is 238 g/mol. The molecule has 0 radical (unpaired) electrons. The van der Waals surface area contributed by atoms with Crippen molar-refractivity contribution in [2.75, 3.05) is 24.7 Å². The third-order valence-corrected chi connectivity index (χ3v) is 2.47. The van der Waals surface area contributed by atoms with Gasteiger partial charge in [0.1, 0.15) is 0 Å². The van der Waals surface area contributed by atoms with Crippen LogP contribution in [0.1, 0.15) is 13.8 Å². The average Bonchev–Trinajstić information content (AvgIpc) is 2.28. The summed E-state index contributed by atoms with van der Waals surface area (Å²) in [5.74, 6) is 0.559. The summed E-state index contributed by atoms with van der Waals surface area (Å²) in [5, 5.41) is 2.99. The second-order valence-corrected chi connectivity index (χ2v) is 4.39. The zero-order chi connectivity index (χ0) is 13.1. The molecule has 0 fully saturated rings. The number of nitrogens with two attached hydrogens (primary N) is 2. The van der Waals surface area contributed by atoms with E-state index in [2.05, 4.69) is 10.3 Å². The molecule has 0 atom stereocenters. The summed E-state index contributed by atoms with van der Waals surface area (Å²) in [6, 6.07) is 3.35. The molecular formula is C11H18N4O2. The number of amides is 1. The van der Waals surface area contributed by atoms with Crippen molar-refractivity contribution >= 4 is 17.4 Å². The van der Waals surface area contributed by atoms with Gasteiger partial charge in [-0.15, -0.1) is 0 Å². The maximum absolute atomic E-state index is 11.2. The van der Waals surface area contributed by atoms with Gasteiger partial charge in [0.05, 0.1) is 18.2 Å². The fourth-order valence-corrected chi connectivity index (χ4v) is 1.10. The van der Waals surface area contributed by atoms with E-state index in [4.69, 9.17) is 16.2 Å². The van der Waals surface area contributed by atoms with E-state index in [-0.39, 0.29) is 5.91 Å². The molecule has 6 nitrogen and oxygen atoms in total. The number of hydrogen-bond acceptors (Lipinski definition) is 5. The highest BCUT2D eigenvalue weighted by Crippen LogP contribution is 2.22. The number of nitrogens with one attached hydrogen (secondary N) is 1. The molecule has 0 bridgehead atoms. The lowest BCUT2D eigenvalue weighted by Gasteiger charge is -2.21. The third kappa shape index (κ3) is 3.24. The molecule has 0 aliphatic heterocycles. The Balaban J connectivity index is 2.78. The Morgan fingerprint density at radius 3 is 2.71 bits per heavy atom. The number of aromatic nitrogens is 1. The summed E-state index contributed by atoms with van der Waals surface area (Å²) >= 11 is 0. The molecule has 6 heteroatoms. The molecule has 1 aromatic rings. The molecule has 1 rings (SSSR count).